The van der Waals surface area contributed by atoms with Gasteiger partial charge < -0.3 is 14.6 Å². The largest absolute Gasteiger partial charge is 0.507 e. The lowest BCUT2D eigenvalue weighted by atomic mass is 10.1. The highest BCUT2D eigenvalue weighted by atomic mass is 16.3. The van der Waals surface area contributed by atoms with E-state index in [0.717, 1.165) is 11.1 Å². The average Bonchev–Trinajstić information content (AvgIpc) is 3.05. The second-order valence-electron chi connectivity index (χ2n) is 6.01. The standard InChI is InChI=1S/C21H16N2O3/c1-13-6-9-20-17(10-13)23-21(26-20)16-11-15(7-8-19(16)25)22-12-14-4-2-3-5-18(14)24/h2-12,24-25H,1H3. The van der Waals surface area contributed by atoms with Crippen LogP contribution < -0.4 is 0 Å². The Hall–Kier alpha value is -3.60. The Balaban J connectivity index is 1.73. The van der Waals surface area contributed by atoms with Gasteiger partial charge in [-0.25, -0.2) is 4.98 Å². The van der Waals surface area contributed by atoms with Gasteiger partial charge >= 0.3 is 0 Å². The first-order chi connectivity index (χ1) is 12.6. The monoisotopic (exact) mass is 344 g/mol. The number of oxazole rings is 1. The van der Waals surface area contributed by atoms with Crippen molar-refractivity contribution in [1.82, 2.24) is 4.98 Å². The first kappa shape index (κ1) is 15.9. The first-order valence-electron chi connectivity index (χ1n) is 8.13. The van der Waals surface area contributed by atoms with Crippen molar-refractivity contribution in [1.29, 1.82) is 0 Å². The third-order valence-corrected chi connectivity index (χ3v) is 4.04. The Bertz CT molecular complexity index is 1130. The van der Waals surface area contributed by atoms with Crippen molar-refractivity contribution in [3.05, 3.63) is 71.8 Å². The Morgan fingerprint density at radius 3 is 2.65 bits per heavy atom. The van der Waals surface area contributed by atoms with Gasteiger partial charge in [0, 0.05) is 11.8 Å². The summed E-state index contributed by atoms with van der Waals surface area (Å²) in [6.45, 7) is 1.99. The van der Waals surface area contributed by atoms with E-state index in [1.165, 1.54) is 0 Å². The van der Waals surface area contributed by atoms with E-state index in [1.807, 2.05) is 31.2 Å². The van der Waals surface area contributed by atoms with Gasteiger partial charge in [-0.2, -0.15) is 0 Å². The quantitative estimate of drug-likeness (QED) is 0.515. The van der Waals surface area contributed by atoms with Gasteiger partial charge in [0.2, 0.25) is 5.89 Å². The van der Waals surface area contributed by atoms with Gasteiger partial charge in [-0.3, -0.25) is 4.99 Å². The molecule has 2 N–H and O–H groups in total. The molecular weight excluding hydrogens is 328 g/mol. The normalized spacial score (nSPS) is 11.4. The molecule has 3 aromatic carbocycles. The maximum Gasteiger partial charge on any atom is 0.231 e. The van der Waals surface area contributed by atoms with Gasteiger partial charge in [0.1, 0.15) is 17.0 Å². The minimum absolute atomic E-state index is 0.0646. The van der Waals surface area contributed by atoms with E-state index in [9.17, 15) is 10.2 Å². The molecule has 0 unspecified atom stereocenters. The molecule has 5 nitrogen and oxygen atoms in total. The zero-order valence-corrected chi connectivity index (χ0v) is 14.0. The molecule has 26 heavy (non-hydrogen) atoms. The summed E-state index contributed by atoms with van der Waals surface area (Å²) < 4.78 is 5.76. The predicted molar refractivity (Wildman–Crippen MR) is 101 cm³/mol. The molecule has 4 aromatic rings. The maximum atomic E-state index is 10.2. The molecular formula is C21H16N2O3. The van der Waals surface area contributed by atoms with Gasteiger partial charge in [0.15, 0.2) is 5.58 Å². The molecule has 0 amide bonds. The van der Waals surface area contributed by atoms with Crippen LogP contribution in [0.4, 0.5) is 5.69 Å². The fourth-order valence-electron chi connectivity index (χ4n) is 2.67. The molecule has 0 aliphatic rings. The lowest BCUT2D eigenvalue weighted by Gasteiger charge is -2.02. The SMILES string of the molecule is Cc1ccc2oc(-c3cc(N=Cc4ccccc4O)ccc3O)nc2c1. The predicted octanol–water partition coefficient (Wildman–Crippen LogP) is 4.97. The number of fused-ring (bicyclic) bond motifs is 1. The Morgan fingerprint density at radius 2 is 1.81 bits per heavy atom. The van der Waals surface area contributed by atoms with Crippen molar-refractivity contribution in [3.63, 3.8) is 0 Å². The van der Waals surface area contributed by atoms with E-state index in [4.69, 9.17) is 4.42 Å². The molecule has 1 aromatic heterocycles. The molecule has 0 spiro atoms. The number of aromatic hydroxyl groups is 2. The molecule has 128 valence electrons. The summed E-state index contributed by atoms with van der Waals surface area (Å²) in [4.78, 5) is 8.83. The van der Waals surface area contributed by atoms with Crippen molar-refractivity contribution < 1.29 is 14.6 Å². The highest BCUT2D eigenvalue weighted by Crippen LogP contribution is 2.34. The third kappa shape index (κ3) is 3.02. The number of aromatic nitrogens is 1. The van der Waals surface area contributed by atoms with E-state index in [1.54, 1.807) is 42.6 Å². The van der Waals surface area contributed by atoms with Crippen LogP contribution in [-0.2, 0) is 0 Å². The van der Waals surface area contributed by atoms with Crippen LogP contribution in [0.1, 0.15) is 11.1 Å². The number of benzene rings is 3. The van der Waals surface area contributed by atoms with Gasteiger partial charge in [-0.05, 0) is 55.0 Å². The zero-order chi connectivity index (χ0) is 18.1. The summed E-state index contributed by atoms with van der Waals surface area (Å²) in [6, 6.07) is 17.6. The summed E-state index contributed by atoms with van der Waals surface area (Å²) >= 11 is 0. The number of nitrogens with zero attached hydrogens (tertiary/aromatic N) is 2. The number of hydrogen-bond acceptors (Lipinski definition) is 5. The number of aliphatic imine (C=N–C) groups is 1. The van der Waals surface area contributed by atoms with Crippen LogP contribution in [0.25, 0.3) is 22.6 Å². The number of para-hydroxylation sites is 1. The highest BCUT2D eigenvalue weighted by molar-refractivity contribution is 5.86. The molecule has 0 saturated carbocycles. The van der Waals surface area contributed by atoms with Crippen LogP contribution in [0.2, 0.25) is 0 Å². The molecule has 0 atom stereocenters. The van der Waals surface area contributed by atoms with E-state index in [-0.39, 0.29) is 11.5 Å². The molecule has 0 saturated heterocycles. The molecule has 0 bridgehead atoms. The van der Waals surface area contributed by atoms with E-state index < -0.39 is 0 Å². The topological polar surface area (TPSA) is 78.9 Å². The van der Waals surface area contributed by atoms with Crippen molar-refractivity contribution in [2.24, 2.45) is 4.99 Å². The minimum Gasteiger partial charge on any atom is -0.507 e. The minimum atomic E-state index is 0.0646. The Kier molecular flexibility index (Phi) is 3.89. The van der Waals surface area contributed by atoms with Crippen LogP contribution in [0, 0.1) is 6.92 Å². The molecule has 0 fully saturated rings. The van der Waals surface area contributed by atoms with Gasteiger partial charge in [0.25, 0.3) is 0 Å². The molecule has 0 aliphatic heterocycles. The van der Waals surface area contributed by atoms with Crippen LogP contribution in [0.5, 0.6) is 11.5 Å². The lowest BCUT2D eigenvalue weighted by molar-refractivity contribution is 0.473. The second kappa shape index (κ2) is 6.37. The lowest BCUT2D eigenvalue weighted by Crippen LogP contribution is -1.82. The fraction of sp³-hybridized carbons (Fsp3) is 0.0476. The molecule has 0 aliphatic carbocycles. The smallest absolute Gasteiger partial charge is 0.231 e. The van der Waals surface area contributed by atoms with Gasteiger partial charge in [-0.1, -0.05) is 18.2 Å². The van der Waals surface area contributed by atoms with Crippen molar-refractivity contribution in [2.75, 3.05) is 0 Å². The van der Waals surface area contributed by atoms with Gasteiger partial charge in [0.05, 0.1) is 11.3 Å². The van der Waals surface area contributed by atoms with Crippen molar-refractivity contribution in [3.8, 4) is 23.0 Å². The summed E-state index contributed by atoms with van der Waals surface area (Å²) in [5, 5.41) is 20.0. The fourth-order valence-corrected chi connectivity index (χ4v) is 2.67. The number of phenols is 2. The molecule has 1 heterocycles. The summed E-state index contributed by atoms with van der Waals surface area (Å²) in [5.74, 6) is 0.557. The average molecular weight is 344 g/mol. The molecule has 4 rings (SSSR count). The Labute approximate surface area is 149 Å². The number of phenolic OH excluding ortho intramolecular Hbond substituents is 2. The van der Waals surface area contributed by atoms with Crippen LogP contribution in [-0.4, -0.2) is 21.4 Å². The third-order valence-electron chi connectivity index (χ3n) is 4.04. The second-order valence-corrected chi connectivity index (χ2v) is 6.01. The van der Waals surface area contributed by atoms with E-state index in [2.05, 4.69) is 9.98 Å². The number of rotatable bonds is 3. The molecule has 0 radical (unpaired) electrons. The maximum absolute atomic E-state index is 10.2. The summed E-state index contributed by atoms with van der Waals surface area (Å²) in [5.41, 5.74) is 4.17. The van der Waals surface area contributed by atoms with Crippen molar-refractivity contribution in [2.45, 2.75) is 6.92 Å². The van der Waals surface area contributed by atoms with Crippen LogP contribution >= 0.6 is 0 Å². The van der Waals surface area contributed by atoms with Crippen molar-refractivity contribution >= 4 is 23.0 Å². The van der Waals surface area contributed by atoms with Gasteiger partial charge in [-0.15, -0.1) is 0 Å². The zero-order valence-electron chi connectivity index (χ0n) is 14.0. The number of hydrogen-bond donors (Lipinski definition) is 2. The first-order valence-corrected chi connectivity index (χ1v) is 8.13. The van der Waals surface area contributed by atoms with E-state index in [0.29, 0.717) is 28.3 Å². The van der Waals surface area contributed by atoms with Crippen LogP contribution in [0.15, 0.2) is 70.1 Å². The van der Waals surface area contributed by atoms with Crippen LogP contribution in [0.3, 0.4) is 0 Å². The van der Waals surface area contributed by atoms with E-state index >= 15 is 0 Å². The molecule has 5 heteroatoms. The summed E-state index contributed by atoms with van der Waals surface area (Å²) in [6.07, 6.45) is 1.57. The summed E-state index contributed by atoms with van der Waals surface area (Å²) in [7, 11) is 0. The number of aryl methyl sites for hydroxylation is 1. The Morgan fingerprint density at radius 1 is 0.962 bits per heavy atom. The highest BCUT2D eigenvalue weighted by Gasteiger charge is 2.13.